The summed E-state index contributed by atoms with van der Waals surface area (Å²) in [5, 5.41) is 18.6. The number of hydrogen-bond acceptors (Lipinski definition) is 4. The van der Waals surface area contributed by atoms with E-state index in [1.807, 2.05) is 69.6 Å². The fourth-order valence-electron chi connectivity index (χ4n) is 2.47. The van der Waals surface area contributed by atoms with Crippen molar-refractivity contribution in [3.8, 4) is 0 Å². The van der Waals surface area contributed by atoms with Crippen LogP contribution < -0.4 is 5.32 Å². The highest BCUT2D eigenvalue weighted by atomic mass is 35.5. The molecule has 0 spiro atoms. The monoisotopic (exact) mass is 420 g/mol. The van der Waals surface area contributed by atoms with E-state index >= 15 is 0 Å². The SMILES string of the molecule is Cc1ccccc1C(=O)NC(CCN(C)C)c1ccc(Cl)cc1.O=C(O)C(=O)O. The number of nitrogens with zero attached hydrogens (tertiary/aromatic N) is 1. The lowest BCUT2D eigenvalue weighted by Gasteiger charge is -2.22. The Labute approximate surface area is 174 Å². The summed E-state index contributed by atoms with van der Waals surface area (Å²) in [5.74, 6) is -3.69. The van der Waals surface area contributed by atoms with E-state index in [1.54, 1.807) is 0 Å². The highest BCUT2D eigenvalue weighted by Gasteiger charge is 2.17. The summed E-state index contributed by atoms with van der Waals surface area (Å²) in [6, 6.07) is 15.3. The Kier molecular flexibility index (Phi) is 9.85. The fraction of sp³-hybridized carbons (Fsp3) is 0.286. The summed E-state index contributed by atoms with van der Waals surface area (Å²) in [6.07, 6.45) is 0.840. The van der Waals surface area contributed by atoms with Crippen molar-refractivity contribution in [2.75, 3.05) is 20.6 Å². The van der Waals surface area contributed by atoms with Gasteiger partial charge in [-0.15, -0.1) is 0 Å². The molecule has 0 saturated heterocycles. The van der Waals surface area contributed by atoms with Crippen molar-refractivity contribution in [1.82, 2.24) is 10.2 Å². The molecule has 2 aromatic rings. The van der Waals surface area contributed by atoms with Gasteiger partial charge >= 0.3 is 11.9 Å². The van der Waals surface area contributed by atoms with Gasteiger partial charge in [0.15, 0.2) is 0 Å². The molecule has 3 N–H and O–H groups in total. The number of carbonyl (C=O) groups excluding carboxylic acids is 1. The number of carboxylic acids is 2. The summed E-state index contributed by atoms with van der Waals surface area (Å²) in [7, 11) is 4.06. The molecule has 0 bridgehead atoms. The smallest absolute Gasteiger partial charge is 0.414 e. The lowest BCUT2D eigenvalue weighted by atomic mass is 10.0. The van der Waals surface area contributed by atoms with Crippen LogP contribution in [0.4, 0.5) is 0 Å². The molecule has 0 radical (unpaired) electrons. The zero-order valence-corrected chi connectivity index (χ0v) is 17.3. The van der Waals surface area contributed by atoms with Gasteiger partial charge in [-0.25, -0.2) is 9.59 Å². The standard InChI is InChI=1S/C19H23ClN2O.C2H2O4/c1-14-6-4-5-7-17(14)19(23)21-18(12-13-22(2)3)15-8-10-16(20)11-9-15;3-1(4)2(5)6/h4-11,18H,12-13H2,1-3H3,(H,21,23);(H,3,4)(H,5,6). The Morgan fingerprint density at radius 3 is 2.03 bits per heavy atom. The average Bonchev–Trinajstić information content (AvgIpc) is 2.66. The third kappa shape index (κ3) is 8.76. The average molecular weight is 421 g/mol. The lowest BCUT2D eigenvalue weighted by molar-refractivity contribution is -0.159. The lowest BCUT2D eigenvalue weighted by Crippen LogP contribution is -2.31. The molecule has 29 heavy (non-hydrogen) atoms. The Balaban J connectivity index is 0.000000612. The molecule has 8 heteroatoms. The molecule has 2 aromatic carbocycles. The molecule has 7 nitrogen and oxygen atoms in total. The maximum absolute atomic E-state index is 12.6. The first-order valence-corrected chi connectivity index (χ1v) is 9.22. The van der Waals surface area contributed by atoms with Crippen molar-refractivity contribution in [1.29, 1.82) is 0 Å². The second-order valence-corrected chi connectivity index (χ2v) is 7.03. The predicted octanol–water partition coefficient (Wildman–Crippen LogP) is 3.23. The normalized spacial score (nSPS) is 11.2. The van der Waals surface area contributed by atoms with E-state index in [1.165, 1.54) is 0 Å². The molecule has 0 aromatic heterocycles. The van der Waals surface area contributed by atoms with Gasteiger partial charge in [0, 0.05) is 10.6 Å². The van der Waals surface area contributed by atoms with Gasteiger partial charge in [0.1, 0.15) is 0 Å². The second-order valence-electron chi connectivity index (χ2n) is 6.59. The summed E-state index contributed by atoms with van der Waals surface area (Å²) in [4.78, 5) is 32.9. The van der Waals surface area contributed by atoms with Crippen LogP contribution >= 0.6 is 11.6 Å². The van der Waals surface area contributed by atoms with E-state index in [9.17, 15) is 4.79 Å². The summed E-state index contributed by atoms with van der Waals surface area (Å²) in [5.41, 5.74) is 2.77. The van der Waals surface area contributed by atoms with Gasteiger partial charge in [-0.05, 0) is 63.3 Å². The van der Waals surface area contributed by atoms with Crippen LogP contribution in [-0.4, -0.2) is 53.6 Å². The summed E-state index contributed by atoms with van der Waals surface area (Å²) in [6.45, 7) is 2.84. The van der Waals surface area contributed by atoms with E-state index in [2.05, 4.69) is 10.2 Å². The van der Waals surface area contributed by atoms with Gasteiger partial charge in [-0.2, -0.15) is 0 Å². The van der Waals surface area contributed by atoms with Crippen molar-refractivity contribution in [3.05, 3.63) is 70.2 Å². The van der Waals surface area contributed by atoms with Crippen LogP contribution in [0.1, 0.15) is 33.9 Å². The Hall–Kier alpha value is -2.90. The third-order valence-electron chi connectivity index (χ3n) is 4.02. The highest BCUT2D eigenvalue weighted by Crippen LogP contribution is 2.21. The van der Waals surface area contributed by atoms with Gasteiger partial charge in [0.05, 0.1) is 6.04 Å². The van der Waals surface area contributed by atoms with Gasteiger partial charge in [0.2, 0.25) is 0 Å². The van der Waals surface area contributed by atoms with Crippen molar-refractivity contribution >= 4 is 29.4 Å². The van der Waals surface area contributed by atoms with Crippen LogP contribution in [0.25, 0.3) is 0 Å². The third-order valence-corrected chi connectivity index (χ3v) is 4.27. The van der Waals surface area contributed by atoms with Crippen molar-refractivity contribution < 1.29 is 24.6 Å². The minimum Gasteiger partial charge on any atom is -0.473 e. The number of carbonyl (C=O) groups is 3. The molecular formula is C21H25ClN2O5. The van der Waals surface area contributed by atoms with E-state index < -0.39 is 11.9 Å². The molecular weight excluding hydrogens is 396 g/mol. The van der Waals surface area contributed by atoms with Crippen molar-refractivity contribution in [2.24, 2.45) is 0 Å². The number of nitrogens with one attached hydrogen (secondary N) is 1. The molecule has 1 atom stereocenters. The summed E-state index contributed by atoms with van der Waals surface area (Å²) >= 11 is 5.97. The maximum Gasteiger partial charge on any atom is 0.414 e. The van der Waals surface area contributed by atoms with Gasteiger partial charge in [0.25, 0.3) is 5.91 Å². The molecule has 0 saturated carbocycles. The molecule has 1 unspecified atom stereocenters. The van der Waals surface area contributed by atoms with Crippen molar-refractivity contribution in [3.63, 3.8) is 0 Å². The first kappa shape index (κ1) is 24.1. The molecule has 2 rings (SSSR count). The molecule has 0 heterocycles. The molecule has 156 valence electrons. The van der Waals surface area contributed by atoms with Crippen LogP contribution in [0.2, 0.25) is 5.02 Å². The number of aliphatic carboxylic acids is 2. The number of halogens is 1. The van der Waals surface area contributed by atoms with Gasteiger partial charge in [-0.1, -0.05) is 41.9 Å². The topological polar surface area (TPSA) is 107 Å². The molecule has 1 amide bonds. The first-order chi connectivity index (χ1) is 13.6. The number of hydrogen-bond donors (Lipinski definition) is 3. The van der Waals surface area contributed by atoms with Crippen LogP contribution in [0.15, 0.2) is 48.5 Å². The Bertz CT molecular complexity index is 825. The van der Waals surface area contributed by atoms with Gasteiger partial charge in [-0.3, -0.25) is 4.79 Å². The number of rotatable bonds is 6. The number of amides is 1. The summed E-state index contributed by atoms with van der Waals surface area (Å²) < 4.78 is 0. The van der Waals surface area contributed by atoms with Gasteiger partial charge < -0.3 is 20.4 Å². The molecule has 0 aliphatic heterocycles. The number of aryl methyl sites for hydroxylation is 1. The largest absolute Gasteiger partial charge is 0.473 e. The molecule has 0 aliphatic rings. The second kappa shape index (κ2) is 11.8. The van der Waals surface area contributed by atoms with Crippen molar-refractivity contribution in [2.45, 2.75) is 19.4 Å². The van der Waals surface area contributed by atoms with Crippen LogP contribution in [0.5, 0.6) is 0 Å². The zero-order chi connectivity index (χ0) is 22.0. The number of carboxylic acid groups (broad SMARTS) is 2. The zero-order valence-electron chi connectivity index (χ0n) is 16.6. The van der Waals surface area contributed by atoms with Crippen LogP contribution in [0.3, 0.4) is 0 Å². The first-order valence-electron chi connectivity index (χ1n) is 8.84. The quantitative estimate of drug-likeness (QED) is 0.619. The fourth-order valence-corrected chi connectivity index (χ4v) is 2.59. The Morgan fingerprint density at radius 1 is 1.00 bits per heavy atom. The molecule has 0 aliphatic carbocycles. The van der Waals surface area contributed by atoms with Crippen LogP contribution in [0, 0.1) is 6.92 Å². The van der Waals surface area contributed by atoms with E-state index in [0.717, 1.165) is 29.7 Å². The minimum atomic E-state index is -1.82. The van der Waals surface area contributed by atoms with E-state index in [4.69, 9.17) is 31.4 Å². The predicted molar refractivity (Wildman–Crippen MR) is 111 cm³/mol. The van der Waals surface area contributed by atoms with E-state index in [0.29, 0.717) is 5.02 Å². The maximum atomic E-state index is 12.6. The number of benzene rings is 2. The van der Waals surface area contributed by atoms with Crippen LogP contribution in [-0.2, 0) is 9.59 Å². The Morgan fingerprint density at radius 2 is 1.55 bits per heavy atom. The van der Waals surface area contributed by atoms with E-state index in [-0.39, 0.29) is 11.9 Å². The molecule has 0 fully saturated rings. The highest BCUT2D eigenvalue weighted by molar-refractivity contribution is 6.30. The minimum absolute atomic E-state index is 0.0400.